The molecule has 1 saturated carbocycles. The fourth-order valence-electron chi connectivity index (χ4n) is 2.30. The maximum Gasteiger partial charge on any atom is 0.409 e. The Labute approximate surface area is 72.7 Å². The van der Waals surface area contributed by atoms with Crippen LogP contribution >= 0.6 is 0 Å². The molecule has 0 N–H and O–H groups in total. The molecule has 0 radical (unpaired) electrons. The molecule has 0 bridgehead atoms. The Morgan fingerprint density at radius 2 is 2.17 bits per heavy atom. The van der Waals surface area contributed by atoms with Crippen molar-refractivity contribution in [2.45, 2.75) is 25.7 Å². The number of nitrogens with zero attached hydrogens (tertiary/aromatic N) is 1. The van der Waals surface area contributed by atoms with E-state index in [1.54, 1.807) is 0 Å². The summed E-state index contributed by atoms with van der Waals surface area (Å²) < 4.78 is 4.68. The molecule has 0 aromatic carbocycles. The number of likely N-dealkylation sites (tertiary alicyclic amines) is 1. The highest BCUT2D eigenvalue weighted by Gasteiger charge is 2.44. The molecule has 12 heavy (non-hydrogen) atoms. The summed E-state index contributed by atoms with van der Waals surface area (Å²) in [5.74, 6) is 0. The standard InChI is InChI=1S/C9H15NO2/c1-12-8(11)10-6-5-9(7-10)3-2-4-9/h2-7H2,1H3. The van der Waals surface area contributed by atoms with Gasteiger partial charge in [0.2, 0.25) is 0 Å². The number of ether oxygens (including phenoxy) is 1. The lowest BCUT2D eigenvalue weighted by atomic mass is 9.68. The van der Waals surface area contributed by atoms with Crippen LogP contribution in [-0.2, 0) is 4.74 Å². The normalized spacial score (nSPS) is 25.6. The van der Waals surface area contributed by atoms with Crippen molar-refractivity contribution in [3.05, 3.63) is 0 Å². The van der Waals surface area contributed by atoms with Gasteiger partial charge in [0, 0.05) is 13.1 Å². The highest BCUT2D eigenvalue weighted by atomic mass is 16.5. The molecule has 1 aliphatic heterocycles. The van der Waals surface area contributed by atoms with E-state index in [0.717, 1.165) is 13.1 Å². The Kier molecular flexibility index (Phi) is 1.74. The van der Waals surface area contributed by atoms with Crippen LogP contribution in [0.2, 0.25) is 0 Å². The van der Waals surface area contributed by atoms with E-state index in [-0.39, 0.29) is 6.09 Å². The first-order chi connectivity index (χ1) is 5.76. The monoisotopic (exact) mass is 169 g/mol. The van der Waals surface area contributed by atoms with E-state index in [4.69, 9.17) is 0 Å². The summed E-state index contributed by atoms with van der Waals surface area (Å²) in [5, 5.41) is 0. The molecule has 1 amide bonds. The lowest BCUT2D eigenvalue weighted by Crippen LogP contribution is -2.35. The molecule has 3 nitrogen and oxygen atoms in total. The lowest BCUT2D eigenvalue weighted by Gasteiger charge is -2.37. The third kappa shape index (κ3) is 1.08. The van der Waals surface area contributed by atoms with Crippen molar-refractivity contribution in [2.24, 2.45) is 5.41 Å². The van der Waals surface area contributed by atoms with E-state index in [1.807, 2.05) is 4.90 Å². The first-order valence-electron chi connectivity index (χ1n) is 4.59. The molecule has 0 atom stereocenters. The minimum atomic E-state index is -0.154. The van der Waals surface area contributed by atoms with Gasteiger partial charge >= 0.3 is 6.09 Å². The second kappa shape index (κ2) is 2.64. The summed E-state index contributed by atoms with van der Waals surface area (Å²) in [7, 11) is 1.45. The maximum absolute atomic E-state index is 11.1. The Bertz CT molecular complexity index is 199. The quantitative estimate of drug-likeness (QED) is 0.551. The van der Waals surface area contributed by atoms with Crippen LogP contribution in [0.4, 0.5) is 4.79 Å². The summed E-state index contributed by atoms with van der Waals surface area (Å²) >= 11 is 0. The molecule has 3 heteroatoms. The topological polar surface area (TPSA) is 29.5 Å². The van der Waals surface area contributed by atoms with Crippen LogP contribution in [0.3, 0.4) is 0 Å². The van der Waals surface area contributed by atoms with Gasteiger partial charge in [-0.25, -0.2) is 4.79 Å². The fourth-order valence-corrected chi connectivity index (χ4v) is 2.30. The van der Waals surface area contributed by atoms with E-state index in [9.17, 15) is 4.79 Å². The summed E-state index contributed by atoms with van der Waals surface area (Å²) in [6.07, 6.45) is 4.98. The summed E-state index contributed by atoms with van der Waals surface area (Å²) in [6.45, 7) is 1.83. The van der Waals surface area contributed by atoms with Crippen molar-refractivity contribution in [1.82, 2.24) is 4.90 Å². The van der Waals surface area contributed by atoms with E-state index in [0.29, 0.717) is 5.41 Å². The first kappa shape index (κ1) is 7.90. The maximum atomic E-state index is 11.1. The van der Waals surface area contributed by atoms with Crippen LogP contribution in [0.25, 0.3) is 0 Å². The first-order valence-corrected chi connectivity index (χ1v) is 4.59. The second-order valence-electron chi connectivity index (χ2n) is 4.00. The number of hydrogen-bond acceptors (Lipinski definition) is 2. The Hall–Kier alpha value is -0.730. The zero-order valence-corrected chi connectivity index (χ0v) is 7.51. The Morgan fingerprint density at radius 1 is 1.42 bits per heavy atom. The highest BCUT2D eigenvalue weighted by Crippen LogP contribution is 2.47. The van der Waals surface area contributed by atoms with Gasteiger partial charge in [0.1, 0.15) is 0 Å². The van der Waals surface area contributed by atoms with Gasteiger partial charge in [-0.15, -0.1) is 0 Å². The van der Waals surface area contributed by atoms with Gasteiger partial charge < -0.3 is 9.64 Å². The van der Waals surface area contributed by atoms with Crippen molar-refractivity contribution < 1.29 is 9.53 Å². The van der Waals surface area contributed by atoms with Crippen molar-refractivity contribution >= 4 is 6.09 Å². The van der Waals surface area contributed by atoms with Crippen LogP contribution < -0.4 is 0 Å². The minimum absolute atomic E-state index is 0.154. The van der Waals surface area contributed by atoms with Gasteiger partial charge in [-0.2, -0.15) is 0 Å². The Balaban J connectivity index is 1.93. The van der Waals surface area contributed by atoms with Crippen molar-refractivity contribution in [3.8, 4) is 0 Å². The molecule has 2 rings (SSSR count). The number of carbonyl (C=O) groups excluding carboxylic acids is 1. The largest absolute Gasteiger partial charge is 0.453 e. The molecule has 1 spiro atoms. The SMILES string of the molecule is COC(=O)N1CCC2(CCC2)C1. The molecular weight excluding hydrogens is 154 g/mol. The van der Waals surface area contributed by atoms with Gasteiger partial charge in [-0.1, -0.05) is 6.42 Å². The predicted molar refractivity (Wildman–Crippen MR) is 44.9 cm³/mol. The summed E-state index contributed by atoms with van der Waals surface area (Å²) in [4.78, 5) is 13.0. The van der Waals surface area contributed by atoms with Gasteiger partial charge in [-0.3, -0.25) is 0 Å². The summed E-state index contributed by atoms with van der Waals surface area (Å²) in [6, 6.07) is 0. The molecule has 1 heterocycles. The molecule has 0 unspecified atom stereocenters. The van der Waals surface area contributed by atoms with Gasteiger partial charge in [0.05, 0.1) is 7.11 Å². The average molecular weight is 169 g/mol. The smallest absolute Gasteiger partial charge is 0.409 e. The minimum Gasteiger partial charge on any atom is -0.453 e. The molecule has 2 fully saturated rings. The van der Waals surface area contributed by atoms with Crippen LogP contribution in [0.5, 0.6) is 0 Å². The lowest BCUT2D eigenvalue weighted by molar-refractivity contribution is 0.109. The number of amides is 1. The molecule has 0 aromatic rings. The highest BCUT2D eigenvalue weighted by molar-refractivity contribution is 5.67. The zero-order chi connectivity index (χ0) is 8.60. The fraction of sp³-hybridized carbons (Fsp3) is 0.889. The van der Waals surface area contributed by atoms with E-state index in [1.165, 1.54) is 32.8 Å². The molecule has 1 saturated heterocycles. The molecule has 68 valence electrons. The van der Waals surface area contributed by atoms with Crippen LogP contribution in [0.15, 0.2) is 0 Å². The number of carbonyl (C=O) groups is 1. The summed E-state index contributed by atoms with van der Waals surface area (Å²) in [5.41, 5.74) is 0.494. The number of rotatable bonds is 0. The van der Waals surface area contributed by atoms with Crippen LogP contribution in [0, 0.1) is 5.41 Å². The Morgan fingerprint density at radius 3 is 2.58 bits per heavy atom. The molecule has 2 aliphatic rings. The van der Waals surface area contributed by atoms with Gasteiger partial charge in [0.25, 0.3) is 0 Å². The predicted octanol–water partition coefficient (Wildman–Crippen LogP) is 1.63. The van der Waals surface area contributed by atoms with Gasteiger partial charge in [-0.05, 0) is 24.7 Å². The van der Waals surface area contributed by atoms with Crippen molar-refractivity contribution in [3.63, 3.8) is 0 Å². The van der Waals surface area contributed by atoms with Crippen molar-refractivity contribution in [2.75, 3.05) is 20.2 Å². The molecule has 0 aromatic heterocycles. The van der Waals surface area contributed by atoms with Crippen molar-refractivity contribution in [1.29, 1.82) is 0 Å². The van der Waals surface area contributed by atoms with Crippen LogP contribution in [0.1, 0.15) is 25.7 Å². The van der Waals surface area contributed by atoms with E-state index in [2.05, 4.69) is 4.74 Å². The van der Waals surface area contributed by atoms with E-state index >= 15 is 0 Å². The number of hydrogen-bond donors (Lipinski definition) is 0. The second-order valence-corrected chi connectivity index (χ2v) is 4.00. The molecule has 1 aliphatic carbocycles. The van der Waals surface area contributed by atoms with Crippen LogP contribution in [-0.4, -0.2) is 31.2 Å². The number of methoxy groups -OCH3 is 1. The average Bonchev–Trinajstić information content (AvgIpc) is 2.46. The zero-order valence-electron chi connectivity index (χ0n) is 7.51. The third-order valence-electron chi connectivity index (χ3n) is 3.29. The van der Waals surface area contributed by atoms with Gasteiger partial charge in [0.15, 0.2) is 0 Å². The molecular formula is C9H15NO2. The third-order valence-corrected chi connectivity index (χ3v) is 3.29. The van der Waals surface area contributed by atoms with E-state index < -0.39 is 0 Å².